The maximum atomic E-state index is 13.8. The summed E-state index contributed by atoms with van der Waals surface area (Å²) in [5, 5.41) is 0.839. The van der Waals surface area contributed by atoms with E-state index >= 15 is 0 Å². The van der Waals surface area contributed by atoms with E-state index in [0.717, 1.165) is 5.56 Å². The van der Waals surface area contributed by atoms with Gasteiger partial charge in [-0.3, -0.25) is 4.79 Å². The van der Waals surface area contributed by atoms with Crippen LogP contribution in [-0.2, 0) is 5.41 Å². The average Bonchev–Trinajstić information content (AvgIpc) is 2.18. The summed E-state index contributed by atoms with van der Waals surface area (Å²) in [6, 6.07) is 4.59. The largest absolute Gasteiger partial charge is 0.328 e. The van der Waals surface area contributed by atoms with Crippen molar-refractivity contribution in [2.75, 3.05) is 0 Å². The molecule has 1 N–H and O–H groups in total. The van der Waals surface area contributed by atoms with Crippen molar-refractivity contribution in [2.45, 2.75) is 26.2 Å². The van der Waals surface area contributed by atoms with Crippen LogP contribution in [0.25, 0.3) is 10.8 Å². The second-order valence-corrected chi connectivity index (χ2v) is 4.94. The molecule has 3 heteroatoms. The zero-order valence-corrected chi connectivity index (χ0v) is 9.60. The van der Waals surface area contributed by atoms with Gasteiger partial charge in [0.05, 0.1) is 5.39 Å². The van der Waals surface area contributed by atoms with Crippen LogP contribution in [0, 0.1) is 5.82 Å². The molecule has 0 atom stereocenters. The molecular weight excluding hydrogens is 205 g/mol. The van der Waals surface area contributed by atoms with E-state index in [2.05, 4.69) is 4.98 Å². The molecule has 0 saturated carbocycles. The molecule has 16 heavy (non-hydrogen) atoms. The Hall–Kier alpha value is -1.64. The number of hydrogen-bond donors (Lipinski definition) is 1. The number of H-pyrrole nitrogens is 1. The van der Waals surface area contributed by atoms with Gasteiger partial charge in [-0.1, -0.05) is 26.8 Å². The normalized spacial score (nSPS) is 12.0. The van der Waals surface area contributed by atoms with Crippen molar-refractivity contribution in [3.05, 3.63) is 46.1 Å². The molecule has 2 nitrogen and oxygen atoms in total. The van der Waals surface area contributed by atoms with Crippen LogP contribution in [0.4, 0.5) is 4.39 Å². The average molecular weight is 219 g/mol. The van der Waals surface area contributed by atoms with E-state index in [1.807, 2.05) is 20.8 Å². The first-order valence-corrected chi connectivity index (χ1v) is 5.21. The number of aromatic nitrogens is 1. The van der Waals surface area contributed by atoms with Crippen molar-refractivity contribution >= 4 is 10.8 Å². The van der Waals surface area contributed by atoms with Crippen molar-refractivity contribution in [3.8, 4) is 0 Å². The Morgan fingerprint density at radius 2 is 1.94 bits per heavy atom. The van der Waals surface area contributed by atoms with Crippen LogP contribution < -0.4 is 5.56 Å². The van der Waals surface area contributed by atoms with Crippen molar-refractivity contribution in [3.63, 3.8) is 0 Å². The van der Waals surface area contributed by atoms with E-state index in [1.165, 1.54) is 6.07 Å². The highest BCUT2D eigenvalue weighted by Crippen LogP contribution is 2.29. The molecule has 0 aliphatic heterocycles. The zero-order valence-electron chi connectivity index (χ0n) is 9.60. The molecule has 0 bridgehead atoms. The summed E-state index contributed by atoms with van der Waals surface area (Å²) in [7, 11) is 0. The third-order valence-electron chi connectivity index (χ3n) is 2.68. The van der Waals surface area contributed by atoms with Gasteiger partial charge in [-0.15, -0.1) is 0 Å². The molecule has 0 spiro atoms. The van der Waals surface area contributed by atoms with Gasteiger partial charge < -0.3 is 4.98 Å². The van der Waals surface area contributed by atoms with Gasteiger partial charge in [0.25, 0.3) is 5.56 Å². The monoisotopic (exact) mass is 219 g/mol. The predicted octanol–water partition coefficient (Wildman–Crippen LogP) is 2.96. The Morgan fingerprint density at radius 3 is 2.56 bits per heavy atom. The lowest BCUT2D eigenvalue weighted by Crippen LogP contribution is -2.17. The second-order valence-electron chi connectivity index (χ2n) is 4.94. The summed E-state index contributed by atoms with van der Waals surface area (Å²) in [5.41, 5.74) is 0.368. The summed E-state index contributed by atoms with van der Waals surface area (Å²) in [6.45, 7) is 5.98. The van der Waals surface area contributed by atoms with Crippen LogP contribution in [0.5, 0.6) is 0 Å². The first kappa shape index (κ1) is 10.9. The third-order valence-corrected chi connectivity index (χ3v) is 2.68. The fourth-order valence-corrected chi connectivity index (χ4v) is 1.87. The van der Waals surface area contributed by atoms with E-state index in [9.17, 15) is 9.18 Å². The number of nitrogens with one attached hydrogen (secondary N) is 1. The molecule has 0 unspecified atom stereocenters. The summed E-state index contributed by atoms with van der Waals surface area (Å²) < 4.78 is 13.8. The maximum absolute atomic E-state index is 13.8. The molecule has 0 aliphatic carbocycles. The Labute approximate surface area is 93.1 Å². The van der Waals surface area contributed by atoms with Crippen LogP contribution in [0.1, 0.15) is 26.3 Å². The quantitative estimate of drug-likeness (QED) is 0.726. The van der Waals surface area contributed by atoms with Gasteiger partial charge in [-0.2, -0.15) is 0 Å². The molecule has 0 aliphatic rings. The van der Waals surface area contributed by atoms with Crippen LogP contribution in [-0.4, -0.2) is 4.98 Å². The number of pyridine rings is 1. The van der Waals surface area contributed by atoms with Crippen LogP contribution in [0.15, 0.2) is 29.2 Å². The second kappa shape index (κ2) is 3.44. The lowest BCUT2D eigenvalue weighted by molar-refractivity contribution is 0.583. The third kappa shape index (κ3) is 1.62. The molecule has 0 radical (unpaired) electrons. The molecule has 2 rings (SSSR count). The first-order chi connectivity index (χ1) is 7.41. The predicted molar refractivity (Wildman–Crippen MR) is 63.2 cm³/mol. The highest BCUT2D eigenvalue weighted by Gasteiger charge is 2.20. The number of fused-ring (bicyclic) bond motifs is 1. The highest BCUT2D eigenvalue weighted by atomic mass is 19.1. The number of halogens is 1. The molecule has 1 heterocycles. The Kier molecular flexibility index (Phi) is 2.34. The molecule has 2 aromatic rings. The lowest BCUT2D eigenvalue weighted by atomic mass is 9.85. The first-order valence-electron chi connectivity index (χ1n) is 5.21. The number of aromatic amines is 1. The molecule has 84 valence electrons. The lowest BCUT2D eigenvalue weighted by Gasteiger charge is -2.20. The molecular formula is C13H14FNO. The summed E-state index contributed by atoms with van der Waals surface area (Å²) in [6.07, 6.45) is 1.60. The minimum Gasteiger partial charge on any atom is -0.328 e. The standard InChI is InChI=1S/C13H14FNO/c1-13(2,3)9-7-15-12(16)8-5-4-6-10(14)11(8)9/h4-7H,1-3H3,(H,15,16). The van der Waals surface area contributed by atoms with Gasteiger partial charge >= 0.3 is 0 Å². The maximum Gasteiger partial charge on any atom is 0.255 e. The molecule has 0 saturated heterocycles. The fourth-order valence-electron chi connectivity index (χ4n) is 1.87. The molecule has 1 aromatic heterocycles. The topological polar surface area (TPSA) is 32.9 Å². The van der Waals surface area contributed by atoms with E-state index in [-0.39, 0.29) is 16.8 Å². The Bertz CT molecular complexity index is 593. The van der Waals surface area contributed by atoms with Gasteiger partial charge in [0, 0.05) is 11.6 Å². The molecule has 0 fully saturated rings. The van der Waals surface area contributed by atoms with E-state index in [1.54, 1.807) is 18.3 Å². The summed E-state index contributed by atoms with van der Waals surface area (Å²) in [5.74, 6) is -0.339. The van der Waals surface area contributed by atoms with E-state index in [4.69, 9.17) is 0 Å². The number of rotatable bonds is 0. The van der Waals surface area contributed by atoms with Crippen LogP contribution in [0.3, 0.4) is 0 Å². The molecule has 1 aromatic carbocycles. The smallest absolute Gasteiger partial charge is 0.255 e. The fraction of sp³-hybridized carbons (Fsp3) is 0.308. The van der Waals surface area contributed by atoms with Gasteiger partial charge in [0.2, 0.25) is 0 Å². The van der Waals surface area contributed by atoms with Gasteiger partial charge in [0.1, 0.15) is 5.82 Å². The zero-order chi connectivity index (χ0) is 11.9. The number of benzene rings is 1. The summed E-state index contributed by atoms with van der Waals surface area (Å²) in [4.78, 5) is 14.2. The Morgan fingerprint density at radius 1 is 1.25 bits per heavy atom. The van der Waals surface area contributed by atoms with Gasteiger partial charge in [-0.05, 0) is 23.1 Å². The van der Waals surface area contributed by atoms with Crippen molar-refractivity contribution in [1.29, 1.82) is 0 Å². The summed E-state index contributed by atoms with van der Waals surface area (Å²) >= 11 is 0. The van der Waals surface area contributed by atoms with E-state index < -0.39 is 0 Å². The van der Waals surface area contributed by atoms with E-state index in [0.29, 0.717) is 10.8 Å². The molecule has 0 amide bonds. The minimum atomic E-state index is -0.339. The van der Waals surface area contributed by atoms with Crippen molar-refractivity contribution < 1.29 is 4.39 Å². The van der Waals surface area contributed by atoms with Crippen molar-refractivity contribution in [2.24, 2.45) is 0 Å². The van der Waals surface area contributed by atoms with Gasteiger partial charge in [-0.25, -0.2) is 4.39 Å². The minimum absolute atomic E-state index is 0.204. The van der Waals surface area contributed by atoms with Crippen LogP contribution >= 0.6 is 0 Å². The number of hydrogen-bond acceptors (Lipinski definition) is 1. The van der Waals surface area contributed by atoms with Crippen molar-refractivity contribution in [1.82, 2.24) is 4.98 Å². The van der Waals surface area contributed by atoms with Crippen LogP contribution in [0.2, 0.25) is 0 Å². The highest BCUT2D eigenvalue weighted by molar-refractivity contribution is 5.86. The van der Waals surface area contributed by atoms with Gasteiger partial charge in [0.15, 0.2) is 0 Å². The SMILES string of the molecule is CC(C)(C)c1c[nH]c(=O)c2cccc(F)c12. The Balaban J connectivity index is 2.98.